The number of rotatable bonds is 3. The molecule has 2 heterocycles. The van der Waals surface area contributed by atoms with E-state index in [2.05, 4.69) is 4.98 Å². The molecule has 0 bridgehead atoms. The minimum Gasteiger partial charge on any atom is -0.461 e. The van der Waals surface area contributed by atoms with Crippen LogP contribution in [0.1, 0.15) is 36.1 Å². The SMILES string of the molecule is CCOC(=O)c1c(-c2cc(Cl)ccc2Cl)nc2n1CCCC2. The van der Waals surface area contributed by atoms with Crippen LogP contribution in [-0.4, -0.2) is 22.1 Å². The molecule has 4 nitrogen and oxygen atoms in total. The van der Waals surface area contributed by atoms with Gasteiger partial charge in [0.25, 0.3) is 0 Å². The Labute approximate surface area is 139 Å². The van der Waals surface area contributed by atoms with Gasteiger partial charge in [-0.05, 0) is 38.0 Å². The quantitative estimate of drug-likeness (QED) is 0.780. The number of halogens is 2. The molecule has 22 heavy (non-hydrogen) atoms. The molecule has 0 aliphatic carbocycles. The summed E-state index contributed by atoms with van der Waals surface area (Å²) >= 11 is 12.4. The maximum absolute atomic E-state index is 12.4. The average Bonchev–Trinajstić information content (AvgIpc) is 2.89. The highest BCUT2D eigenvalue weighted by molar-refractivity contribution is 6.35. The van der Waals surface area contributed by atoms with Gasteiger partial charge in [0.2, 0.25) is 0 Å². The number of imidazole rings is 1. The van der Waals surface area contributed by atoms with Crippen LogP contribution in [0, 0.1) is 0 Å². The van der Waals surface area contributed by atoms with E-state index in [9.17, 15) is 4.79 Å². The Morgan fingerprint density at radius 2 is 2.18 bits per heavy atom. The summed E-state index contributed by atoms with van der Waals surface area (Å²) in [5.74, 6) is 0.537. The number of ether oxygens (including phenoxy) is 1. The molecule has 0 unspecified atom stereocenters. The van der Waals surface area contributed by atoms with Crippen molar-refractivity contribution in [3.05, 3.63) is 39.8 Å². The second kappa shape index (κ2) is 6.31. The van der Waals surface area contributed by atoms with E-state index >= 15 is 0 Å². The summed E-state index contributed by atoms with van der Waals surface area (Å²) < 4.78 is 7.16. The van der Waals surface area contributed by atoms with Gasteiger partial charge in [-0.1, -0.05) is 23.2 Å². The van der Waals surface area contributed by atoms with Gasteiger partial charge in [0.1, 0.15) is 11.5 Å². The summed E-state index contributed by atoms with van der Waals surface area (Å²) in [4.78, 5) is 17.1. The zero-order valence-electron chi connectivity index (χ0n) is 12.2. The van der Waals surface area contributed by atoms with Crippen LogP contribution in [0.5, 0.6) is 0 Å². The number of aryl methyl sites for hydroxylation is 1. The summed E-state index contributed by atoms with van der Waals surface area (Å²) in [5.41, 5.74) is 1.70. The lowest BCUT2D eigenvalue weighted by molar-refractivity contribution is 0.0513. The summed E-state index contributed by atoms with van der Waals surface area (Å²) in [5, 5.41) is 1.07. The maximum atomic E-state index is 12.4. The molecule has 6 heteroatoms. The molecule has 0 fully saturated rings. The van der Waals surface area contributed by atoms with Crippen molar-refractivity contribution >= 4 is 29.2 Å². The van der Waals surface area contributed by atoms with Gasteiger partial charge in [-0.25, -0.2) is 9.78 Å². The molecule has 1 aliphatic heterocycles. The topological polar surface area (TPSA) is 44.1 Å². The normalized spacial score (nSPS) is 13.8. The Kier molecular flexibility index (Phi) is 4.41. The molecular weight excluding hydrogens is 323 g/mol. The number of hydrogen-bond donors (Lipinski definition) is 0. The molecule has 3 rings (SSSR count). The van der Waals surface area contributed by atoms with E-state index in [0.29, 0.717) is 33.6 Å². The van der Waals surface area contributed by atoms with Crippen LogP contribution in [-0.2, 0) is 17.7 Å². The van der Waals surface area contributed by atoms with Crippen LogP contribution in [0.4, 0.5) is 0 Å². The maximum Gasteiger partial charge on any atom is 0.357 e. The zero-order chi connectivity index (χ0) is 15.7. The Morgan fingerprint density at radius 1 is 1.36 bits per heavy atom. The van der Waals surface area contributed by atoms with Gasteiger partial charge in [0.15, 0.2) is 5.69 Å². The van der Waals surface area contributed by atoms with Crippen molar-refractivity contribution in [3.8, 4) is 11.3 Å². The number of fused-ring (bicyclic) bond motifs is 1. The third-order valence-electron chi connectivity index (χ3n) is 3.73. The lowest BCUT2D eigenvalue weighted by Gasteiger charge is -2.15. The largest absolute Gasteiger partial charge is 0.461 e. The van der Waals surface area contributed by atoms with Crippen molar-refractivity contribution in [1.29, 1.82) is 0 Å². The first-order valence-corrected chi connectivity index (χ1v) is 8.09. The minimum absolute atomic E-state index is 0.321. The van der Waals surface area contributed by atoms with Gasteiger partial charge in [0.05, 0.1) is 11.6 Å². The first-order chi connectivity index (χ1) is 10.6. The molecular formula is C16H16Cl2N2O2. The number of carbonyl (C=O) groups is 1. The number of aromatic nitrogens is 2. The van der Waals surface area contributed by atoms with Crippen LogP contribution in [0.15, 0.2) is 18.2 Å². The first kappa shape index (κ1) is 15.4. The van der Waals surface area contributed by atoms with Crippen LogP contribution < -0.4 is 0 Å². The second-order valence-electron chi connectivity index (χ2n) is 5.18. The number of esters is 1. The van der Waals surface area contributed by atoms with Crippen molar-refractivity contribution in [1.82, 2.24) is 9.55 Å². The average molecular weight is 339 g/mol. The summed E-state index contributed by atoms with van der Waals surface area (Å²) in [7, 11) is 0. The predicted octanol–water partition coefficient (Wildman–Crippen LogP) is 4.37. The fourth-order valence-electron chi connectivity index (χ4n) is 2.76. The van der Waals surface area contributed by atoms with Crippen LogP contribution in [0.3, 0.4) is 0 Å². The van der Waals surface area contributed by atoms with Crippen LogP contribution >= 0.6 is 23.2 Å². The summed E-state index contributed by atoms with van der Waals surface area (Å²) in [6, 6.07) is 5.17. The molecule has 1 aromatic heterocycles. The van der Waals surface area contributed by atoms with Gasteiger partial charge >= 0.3 is 5.97 Å². The molecule has 0 saturated heterocycles. The van der Waals surface area contributed by atoms with E-state index < -0.39 is 0 Å². The van der Waals surface area contributed by atoms with E-state index in [1.807, 2.05) is 4.57 Å². The third-order valence-corrected chi connectivity index (χ3v) is 4.30. The van der Waals surface area contributed by atoms with Gasteiger partial charge in [-0.15, -0.1) is 0 Å². The zero-order valence-corrected chi connectivity index (χ0v) is 13.7. The molecule has 0 N–H and O–H groups in total. The third kappa shape index (κ3) is 2.73. The smallest absolute Gasteiger partial charge is 0.357 e. The molecule has 1 aromatic carbocycles. The molecule has 2 aromatic rings. The van der Waals surface area contributed by atoms with E-state index in [4.69, 9.17) is 27.9 Å². The highest BCUT2D eigenvalue weighted by Crippen LogP contribution is 2.34. The van der Waals surface area contributed by atoms with Gasteiger partial charge in [-0.3, -0.25) is 0 Å². The minimum atomic E-state index is -0.366. The lowest BCUT2D eigenvalue weighted by Crippen LogP contribution is -2.18. The fourth-order valence-corrected chi connectivity index (χ4v) is 3.14. The number of nitrogens with zero attached hydrogens (tertiary/aromatic N) is 2. The number of benzene rings is 1. The van der Waals surface area contributed by atoms with Crippen molar-refractivity contribution in [2.24, 2.45) is 0 Å². The number of hydrogen-bond acceptors (Lipinski definition) is 3. The van der Waals surface area contributed by atoms with Crippen LogP contribution in [0.2, 0.25) is 10.0 Å². The molecule has 0 spiro atoms. The lowest BCUT2D eigenvalue weighted by atomic mass is 10.1. The van der Waals surface area contributed by atoms with Crippen LogP contribution in [0.25, 0.3) is 11.3 Å². The van der Waals surface area contributed by atoms with Gasteiger partial charge in [0, 0.05) is 23.6 Å². The Bertz CT molecular complexity index is 725. The molecule has 0 radical (unpaired) electrons. The Balaban J connectivity index is 2.20. The van der Waals surface area contributed by atoms with E-state index in [1.165, 1.54) is 0 Å². The predicted molar refractivity (Wildman–Crippen MR) is 86.6 cm³/mol. The van der Waals surface area contributed by atoms with Crippen molar-refractivity contribution in [2.45, 2.75) is 32.7 Å². The Hall–Kier alpha value is -1.52. The van der Waals surface area contributed by atoms with Crippen molar-refractivity contribution in [2.75, 3.05) is 6.61 Å². The summed E-state index contributed by atoms with van der Waals surface area (Å²) in [6.07, 6.45) is 2.95. The highest BCUT2D eigenvalue weighted by Gasteiger charge is 2.27. The standard InChI is InChI=1S/C16H16Cl2N2O2/c1-2-22-16(21)15-14(11-9-10(17)6-7-12(11)18)19-13-5-3-4-8-20(13)15/h6-7,9H,2-5,8H2,1H3. The van der Waals surface area contributed by atoms with E-state index in [0.717, 1.165) is 31.6 Å². The van der Waals surface area contributed by atoms with Crippen molar-refractivity contribution in [3.63, 3.8) is 0 Å². The fraction of sp³-hybridized carbons (Fsp3) is 0.375. The van der Waals surface area contributed by atoms with Gasteiger partial charge < -0.3 is 9.30 Å². The Morgan fingerprint density at radius 3 is 2.95 bits per heavy atom. The summed E-state index contributed by atoms with van der Waals surface area (Å²) in [6.45, 7) is 2.88. The second-order valence-corrected chi connectivity index (χ2v) is 6.02. The molecule has 116 valence electrons. The number of carbonyl (C=O) groups excluding carboxylic acids is 1. The van der Waals surface area contributed by atoms with Crippen molar-refractivity contribution < 1.29 is 9.53 Å². The molecule has 0 atom stereocenters. The first-order valence-electron chi connectivity index (χ1n) is 7.33. The monoisotopic (exact) mass is 338 g/mol. The molecule has 0 saturated carbocycles. The van der Waals surface area contributed by atoms with E-state index in [1.54, 1.807) is 25.1 Å². The molecule has 0 amide bonds. The van der Waals surface area contributed by atoms with Gasteiger partial charge in [-0.2, -0.15) is 0 Å². The van der Waals surface area contributed by atoms with E-state index in [-0.39, 0.29) is 5.97 Å². The molecule has 1 aliphatic rings. The highest BCUT2D eigenvalue weighted by atomic mass is 35.5.